The number of thiocarbonyl (C=S) groups is 1. The smallest absolute Gasteiger partial charge is 0.344 e. The quantitative estimate of drug-likeness (QED) is 0.460. The molecule has 1 aromatic carbocycles. The molecule has 0 radical (unpaired) electrons. The van der Waals surface area contributed by atoms with E-state index < -0.39 is 11.8 Å². The third kappa shape index (κ3) is 6.49. The largest absolute Gasteiger partial charge is 0.463 e. The topological polar surface area (TPSA) is 72.9 Å². The first-order valence-electron chi connectivity index (χ1n) is 9.91. The molecule has 0 aliphatic carbocycles. The Labute approximate surface area is 190 Å². The van der Waals surface area contributed by atoms with Gasteiger partial charge in [0.05, 0.1) is 16.6 Å². The number of pyridine rings is 1. The van der Waals surface area contributed by atoms with Crippen molar-refractivity contribution in [1.82, 2.24) is 15.4 Å². The highest BCUT2D eigenvalue weighted by atomic mass is 35.5. The van der Waals surface area contributed by atoms with Gasteiger partial charge >= 0.3 is 5.97 Å². The number of hydrogen-bond acceptors (Lipinski definition) is 7. The number of hydrogen-bond donors (Lipinski definition) is 1. The summed E-state index contributed by atoms with van der Waals surface area (Å²) in [7, 11) is 0. The summed E-state index contributed by atoms with van der Waals surface area (Å²) >= 11 is 11.7. The molecule has 7 nitrogen and oxygen atoms in total. The van der Waals surface area contributed by atoms with Crippen LogP contribution in [0, 0.1) is 5.82 Å². The lowest BCUT2D eigenvalue weighted by Gasteiger charge is -2.30. The summed E-state index contributed by atoms with van der Waals surface area (Å²) in [6, 6.07) is 5.95. The fraction of sp³-hybridized carbons (Fsp3) is 0.381. The molecule has 0 bridgehead atoms. The molecule has 166 valence electrons. The van der Waals surface area contributed by atoms with Crippen molar-refractivity contribution in [2.45, 2.75) is 26.2 Å². The van der Waals surface area contributed by atoms with Gasteiger partial charge in [0.1, 0.15) is 11.6 Å². The van der Waals surface area contributed by atoms with Gasteiger partial charge < -0.3 is 19.2 Å². The van der Waals surface area contributed by atoms with E-state index in [1.54, 1.807) is 19.1 Å². The lowest BCUT2D eigenvalue weighted by atomic mass is 10.1. The van der Waals surface area contributed by atoms with Crippen LogP contribution in [-0.2, 0) is 16.0 Å². The summed E-state index contributed by atoms with van der Waals surface area (Å²) < 4.78 is 30.6. The van der Waals surface area contributed by atoms with Crippen LogP contribution in [0.1, 0.15) is 25.3 Å². The van der Waals surface area contributed by atoms with E-state index in [0.717, 1.165) is 25.9 Å². The van der Waals surface area contributed by atoms with Crippen LogP contribution in [0.2, 0.25) is 5.02 Å². The fourth-order valence-corrected chi connectivity index (χ4v) is 3.45. The van der Waals surface area contributed by atoms with Gasteiger partial charge in [0, 0.05) is 25.7 Å². The highest BCUT2D eigenvalue weighted by molar-refractivity contribution is 7.80. The summed E-state index contributed by atoms with van der Waals surface area (Å²) in [4.78, 5) is 16.2. The summed E-state index contributed by atoms with van der Waals surface area (Å²) in [6.07, 6.45) is 3.83. The monoisotopic (exact) mass is 467 g/mol. The highest BCUT2D eigenvalue weighted by Gasteiger charge is 2.18. The number of hydrazine groups is 1. The molecule has 10 heteroatoms. The van der Waals surface area contributed by atoms with Crippen molar-refractivity contribution in [2.24, 2.45) is 0 Å². The molecule has 1 N–H and O–H groups in total. The zero-order valence-corrected chi connectivity index (χ0v) is 18.6. The predicted octanol–water partition coefficient (Wildman–Crippen LogP) is 4.08. The van der Waals surface area contributed by atoms with Gasteiger partial charge in [-0.05, 0) is 49.6 Å². The lowest BCUT2D eigenvalue weighted by Crippen LogP contribution is -2.46. The zero-order chi connectivity index (χ0) is 22.2. The van der Waals surface area contributed by atoms with E-state index in [1.165, 1.54) is 18.3 Å². The van der Waals surface area contributed by atoms with Gasteiger partial charge in [-0.2, -0.15) is 0 Å². The van der Waals surface area contributed by atoms with Gasteiger partial charge in [-0.15, -0.1) is 0 Å². The first kappa shape index (κ1) is 23.2. The van der Waals surface area contributed by atoms with Crippen molar-refractivity contribution in [2.75, 3.05) is 26.3 Å². The van der Waals surface area contributed by atoms with E-state index in [0.29, 0.717) is 10.6 Å². The number of esters is 1. The van der Waals surface area contributed by atoms with Crippen LogP contribution < -0.4 is 14.9 Å². The molecule has 1 aliphatic heterocycles. The highest BCUT2D eigenvalue weighted by Crippen LogP contribution is 2.35. The number of benzene rings is 1. The third-order valence-electron chi connectivity index (χ3n) is 4.44. The van der Waals surface area contributed by atoms with Crippen molar-refractivity contribution in [1.29, 1.82) is 0 Å². The van der Waals surface area contributed by atoms with Crippen molar-refractivity contribution in [3.8, 4) is 17.4 Å². The Kier molecular flexibility index (Phi) is 8.39. The zero-order valence-electron chi connectivity index (χ0n) is 17.0. The van der Waals surface area contributed by atoms with Crippen LogP contribution in [0.25, 0.3) is 0 Å². The number of carbonyl (C=O) groups excluding carboxylic acids is 1. The Morgan fingerprint density at radius 2 is 2.19 bits per heavy atom. The summed E-state index contributed by atoms with van der Waals surface area (Å²) in [5.74, 6) is -0.457. The number of ether oxygens (including phenoxy) is 3. The molecule has 1 aliphatic rings. The first-order valence-corrected chi connectivity index (χ1v) is 10.7. The molecule has 0 saturated carbocycles. The SMILES string of the molecule is CCOC(=O)COc1ncccc1Oc1cc(CC(=S)N2CCCCN2)c(F)cc1Cl. The summed E-state index contributed by atoms with van der Waals surface area (Å²) in [5.41, 5.74) is 3.57. The van der Waals surface area contributed by atoms with Crippen LogP contribution in [0.4, 0.5) is 4.39 Å². The van der Waals surface area contributed by atoms with E-state index >= 15 is 0 Å². The fourth-order valence-electron chi connectivity index (χ4n) is 2.95. The van der Waals surface area contributed by atoms with E-state index in [4.69, 9.17) is 38.0 Å². The molecule has 0 spiro atoms. The summed E-state index contributed by atoms with van der Waals surface area (Å²) in [5, 5.41) is 1.96. The van der Waals surface area contributed by atoms with Crippen molar-refractivity contribution in [3.05, 3.63) is 46.9 Å². The Hall–Kier alpha value is -2.49. The van der Waals surface area contributed by atoms with E-state index in [1.807, 2.05) is 5.01 Å². The molecular weight excluding hydrogens is 445 g/mol. The van der Waals surface area contributed by atoms with Gasteiger partial charge in [-0.1, -0.05) is 23.8 Å². The van der Waals surface area contributed by atoms with Crippen LogP contribution in [0.15, 0.2) is 30.5 Å². The Morgan fingerprint density at radius 3 is 2.94 bits per heavy atom. The third-order valence-corrected chi connectivity index (χ3v) is 5.10. The Morgan fingerprint density at radius 1 is 1.35 bits per heavy atom. The maximum Gasteiger partial charge on any atom is 0.344 e. The molecular formula is C21H23ClFN3O4S. The number of nitrogens with zero attached hydrogens (tertiary/aromatic N) is 2. The van der Waals surface area contributed by atoms with Crippen LogP contribution in [0.3, 0.4) is 0 Å². The van der Waals surface area contributed by atoms with Crippen LogP contribution in [-0.4, -0.2) is 47.3 Å². The average Bonchev–Trinajstić information content (AvgIpc) is 2.77. The molecule has 0 unspecified atom stereocenters. The minimum Gasteiger partial charge on any atom is -0.463 e. The van der Waals surface area contributed by atoms with Crippen LogP contribution >= 0.6 is 23.8 Å². The van der Waals surface area contributed by atoms with Crippen LogP contribution in [0.5, 0.6) is 17.4 Å². The minimum atomic E-state index is -0.527. The first-order chi connectivity index (χ1) is 15.0. The van der Waals surface area contributed by atoms with Gasteiger partial charge in [0.25, 0.3) is 5.88 Å². The van der Waals surface area contributed by atoms with E-state index in [2.05, 4.69) is 10.4 Å². The van der Waals surface area contributed by atoms with Gasteiger partial charge in [0.2, 0.25) is 0 Å². The Balaban J connectivity index is 1.75. The van der Waals surface area contributed by atoms with E-state index in [-0.39, 0.29) is 42.0 Å². The van der Waals surface area contributed by atoms with Crippen molar-refractivity contribution >= 4 is 34.8 Å². The normalized spacial score (nSPS) is 13.6. The number of nitrogens with one attached hydrogen (secondary N) is 1. The molecule has 3 rings (SSSR count). The molecule has 2 aromatic rings. The number of carbonyl (C=O) groups is 1. The lowest BCUT2D eigenvalue weighted by molar-refractivity contribution is -0.145. The number of aromatic nitrogens is 1. The molecule has 31 heavy (non-hydrogen) atoms. The Bertz CT molecular complexity index is 941. The standard InChI is InChI=1S/C21H23ClFN3O4S/c1-2-28-20(27)13-29-21-17(6-5-7-24-21)30-18-10-14(16(23)12-15(18)22)11-19(31)26-9-4-3-8-25-26/h5-7,10,12,25H,2-4,8-9,11,13H2,1H3. The maximum absolute atomic E-state index is 14.5. The minimum absolute atomic E-state index is 0.0865. The molecule has 1 saturated heterocycles. The number of halogens is 2. The van der Waals surface area contributed by atoms with E-state index in [9.17, 15) is 9.18 Å². The maximum atomic E-state index is 14.5. The van der Waals surface area contributed by atoms with Crippen molar-refractivity contribution < 1.29 is 23.4 Å². The van der Waals surface area contributed by atoms with Gasteiger partial charge in [-0.3, -0.25) is 0 Å². The molecule has 2 heterocycles. The van der Waals surface area contributed by atoms with Crippen molar-refractivity contribution in [3.63, 3.8) is 0 Å². The molecule has 0 amide bonds. The second-order valence-electron chi connectivity index (χ2n) is 6.71. The second-order valence-corrected chi connectivity index (χ2v) is 7.59. The predicted molar refractivity (Wildman–Crippen MR) is 118 cm³/mol. The second kappa shape index (κ2) is 11.2. The molecule has 1 fully saturated rings. The molecule has 1 aromatic heterocycles. The molecule has 0 atom stereocenters. The van der Waals surface area contributed by atoms with Gasteiger partial charge in [-0.25, -0.2) is 19.6 Å². The number of rotatable bonds is 8. The summed E-state index contributed by atoms with van der Waals surface area (Å²) in [6.45, 7) is 3.26. The average molecular weight is 468 g/mol. The van der Waals surface area contributed by atoms with Gasteiger partial charge in [0.15, 0.2) is 12.4 Å².